The van der Waals surface area contributed by atoms with E-state index in [9.17, 15) is 8.42 Å². The van der Waals surface area contributed by atoms with Crippen LogP contribution < -0.4 is 4.31 Å². The fourth-order valence-corrected chi connectivity index (χ4v) is 4.75. The molecule has 0 amide bonds. The summed E-state index contributed by atoms with van der Waals surface area (Å²) < 4.78 is 26.5. The number of hydrogen-bond acceptors (Lipinski definition) is 3. The van der Waals surface area contributed by atoms with E-state index in [0.717, 1.165) is 6.42 Å². The van der Waals surface area contributed by atoms with Gasteiger partial charge in [-0.15, -0.1) is 22.9 Å². The topological polar surface area (TPSA) is 37.4 Å². The van der Waals surface area contributed by atoms with Crippen molar-refractivity contribution in [2.45, 2.75) is 24.1 Å². The number of hydrogen-bond donors (Lipinski definition) is 0. The average molecular weight is 330 g/mol. The molecule has 1 aromatic heterocycles. The van der Waals surface area contributed by atoms with Crippen LogP contribution in [0.4, 0.5) is 5.69 Å². The van der Waals surface area contributed by atoms with Crippen LogP contribution in [0.5, 0.6) is 0 Å². The van der Waals surface area contributed by atoms with Crippen molar-refractivity contribution in [3.63, 3.8) is 0 Å². The first-order valence-electron chi connectivity index (χ1n) is 6.21. The molecule has 2 rings (SSSR count). The van der Waals surface area contributed by atoms with Crippen LogP contribution in [0, 0.1) is 0 Å². The summed E-state index contributed by atoms with van der Waals surface area (Å²) in [6, 6.07) is 9.13. The molecule has 0 aliphatic rings. The van der Waals surface area contributed by atoms with Crippen molar-refractivity contribution in [3.05, 3.63) is 46.2 Å². The molecule has 0 fully saturated rings. The molecule has 3 nitrogen and oxygen atoms in total. The van der Waals surface area contributed by atoms with E-state index in [0.29, 0.717) is 15.5 Å². The van der Waals surface area contributed by atoms with Crippen molar-refractivity contribution < 1.29 is 8.42 Å². The van der Waals surface area contributed by atoms with Gasteiger partial charge in [0.05, 0.1) is 11.6 Å². The van der Waals surface area contributed by atoms with Gasteiger partial charge in [-0.05, 0) is 35.6 Å². The van der Waals surface area contributed by atoms with Crippen molar-refractivity contribution in [2.75, 3.05) is 11.4 Å². The molecular weight excluding hydrogens is 314 g/mol. The van der Waals surface area contributed by atoms with E-state index >= 15 is 0 Å². The number of benzene rings is 1. The molecule has 1 aromatic carbocycles. The lowest BCUT2D eigenvalue weighted by molar-refractivity contribution is 0.594. The first kappa shape index (κ1) is 15.4. The van der Waals surface area contributed by atoms with Gasteiger partial charge in [0.2, 0.25) is 0 Å². The Morgan fingerprint density at radius 2 is 1.85 bits per heavy atom. The maximum absolute atomic E-state index is 12.6. The fourth-order valence-electron chi connectivity index (χ4n) is 1.88. The molecule has 0 bridgehead atoms. The Labute approximate surface area is 128 Å². The molecule has 108 valence electrons. The highest BCUT2D eigenvalue weighted by Crippen LogP contribution is 2.29. The van der Waals surface area contributed by atoms with E-state index in [1.807, 2.05) is 24.3 Å². The Hall–Kier alpha value is -1.04. The second-order valence-corrected chi connectivity index (χ2v) is 7.54. The molecule has 2 aromatic rings. The summed E-state index contributed by atoms with van der Waals surface area (Å²) in [6.07, 6.45) is 0.928. The minimum atomic E-state index is -3.55. The molecule has 0 unspecified atom stereocenters. The zero-order valence-electron chi connectivity index (χ0n) is 11.3. The molecule has 0 N–H and O–H groups in total. The van der Waals surface area contributed by atoms with E-state index in [1.54, 1.807) is 18.5 Å². The van der Waals surface area contributed by atoms with E-state index in [-0.39, 0.29) is 5.88 Å². The number of anilines is 1. The molecule has 0 saturated heterocycles. The molecule has 0 radical (unpaired) electrons. The number of thiophene rings is 1. The van der Waals surface area contributed by atoms with E-state index in [4.69, 9.17) is 11.6 Å². The molecule has 0 aliphatic heterocycles. The minimum absolute atomic E-state index is 0.203. The second-order valence-electron chi connectivity index (χ2n) is 4.33. The highest BCUT2D eigenvalue weighted by Gasteiger charge is 2.24. The third-order valence-corrected chi connectivity index (χ3v) is 6.52. The monoisotopic (exact) mass is 329 g/mol. The zero-order chi connectivity index (χ0) is 14.8. The van der Waals surface area contributed by atoms with Crippen molar-refractivity contribution in [2.24, 2.45) is 0 Å². The van der Waals surface area contributed by atoms with Crippen LogP contribution in [0.1, 0.15) is 17.4 Å². The molecule has 0 aliphatic carbocycles. The summed E-state index contributed by atoms with van der Waals surface area (Å²) in [5, 5.41) is 1.75. The van der Waals surface area contributed by atoms with Crippen LogP contribution in [0.25, 0.3) is 0 Å². The number of aryl methyl sites for hydroxylation is 1. The predicted octanol–water partition coefficient (Wildman–Crippen LogP) is 3.87. The van der Waals surface area contributed by atoms with Gasteiger partial charge in [0.25, 0.3) is 10.0 Å². The SMILES string of the molecule is CCc1ccc(N(C)S(=O)(=O)c2ccsc2CCl)cc1. The lowest BCUT2D eigenvalue weighted by atomic mass is 10.1. The summed E-state index contributed by atoms with van der Waals surface area (Å²) >= 11 is 7.15. The standard InChI is InChI=1S/C14H16ClNO2S2/c1-3-11-4-6-12(7-5-11)16(2)20(17,18)14-8-9-19-13(14)10-15/h4-9H,3,10H2,1-2H3. The van der Waals surface area contributed by atoms with Crippen LogP contribution in [-0.4, -0.2) is 15.5 Å². The van der Waals surface area contributed by atoms with Crippen LogP contribution in [0.3, 0.4) is 0 Å². The summed E-state index contributed by atoms with van der Waals surface area (Å²) in [4.78, 5) is 0.961. The molecule has 6 heteroatoms. The summed E-state index contributed by atoms with van der Waals surface area (Å²) in [6.45, 7) is 2.06. The van der Waals surface area contributed by atoms with Gasteiger partial charge in [0, 0.05) is 11.9 Å². The quantitative estimate of drug-likeness (QED) is 0.781. The Kier molecular flexibility index (Phi) is 4.73. The van der Waals surface area contributed by atoms with Crippen molar-refractivity contribution >= 4 is 38.6 Å². The smallest absolute Gasteiger partial charge is 0.265 e. The van der Waals surface area contributed by atoms with Gasteiger partial charge in [-0.3, -0.25) is 4.31 Å². The third kappa shape index (κ3) is 2.85. The normalized spacial score (nSPS) is 11.6. The van der Waals surface area contributed by atoms with Crippen LogP contribution in [0.15, 0.2) is 40.6 Å². The summed E-state index contributed by atoms with van der Waals surface area (Å²) in [5.41, 5.74) is 1.82. The molecule has 0 spiro atoms. The second kappa shape index (κ2) is 6.16. The minimum Gasteiger partial charge on any atom is -0.269 e. The van der Waals surface area contributed by atoms with Gasteiger partial charge in [0.15, 0.2) is 0 Å². The van der Waals surface area contributed by atoms with E-state index < -0.39 is 10.0 Å². The highest BCUT2D eigenvalue weighted by molar-refractivity contribution is 7.93. The molecule has 1 heterocycles. The number of halogens is 1. The Morgan fingerprint density at radius 3 is 2.40 bits per heavy atom. The molecule has 0 saturated carbocycles. The van der Waals surface area contributed by atoms with Crippen LogP contribution in [-0.2, 0) is 22.3 Å². The fraction of sp³-hybridized carbons (Fsp3) is 0.286. The van der Waals surface area contributed by atoms with Gasteiger partial charge in [-0.25, -0.2) is 8.42 Å². The van der Waals surface area contributed by atoms with Crippen molar-refractivity contribution in [1.29, 1.82) is 0 Å². The first-order chi connectivity index (χ1) is 9.50. The van der Waals surface area contributed by atoms with Crippen LogP contribution in [0.2, 0.25) is 0 Å². The maximum atomic E-state index is 12.6. The highest BCUT2D eigenvalue weighted by atomic mass is 35.5. The van der Waals surface area contributed by atoms with E-state index in [2.05, 4.69) is 6.92 Å². The Morgan fingerprint density at radius 1 is 1.20 bits per heavy atom. The Bertz CT molecular complexity index is 677. The predicted molar refractivity (Wildman–Crippen MR) is 85.3 cm³/mol. The average Bonchev–Trinajstić information content (AvgIpc) is 2.95. The molecule has 0 atom stereocenters. The van der Waals surface area contributed by atoms with Gasteiger partial charge >= 0.3 is 0 Å². The van der Waals surface area contributed by atoms with Crippen molar-refractivity contribution in [3.8, 4) is 0 Å². The summed E-state index contributed by atoms with van der Waals surface area (Å²) in [5.74, 6) is 0.203. The van der Waals surface area contributed by atoms with E-state index in [1.165, 1.54) is 21.2 Å². The van der Waals surface area contributed by atoms with Gasteiger partial charge in [-0.2, -0.15) is 0 Å². The van der Waals surface area contributed by atoms with Gasteiger partial charge < -0.3 is 0 Å². The molecular formula is C14H16ClNO2S2. The largest absolute Gasteiger partial charge is 0.269 e. The summed E-state index contributed by atoms with van der Waals surface area (Å²) in [7, 11) is -1.99. The number of nitrogens with zero attached hydrogens (tertiary/aromatic N) is 1. The maximum Gasteiger partial charge on any atom is 0.265 e. The van der Waals surface area contributed by atoms with Crippen LogP contribution >= 0.6 is 22.9 Å². The third-order valence-electron chi connectivity index (χ3n) is 3.17. The van der Waals surface area contributed by atoms with Gasteiger partial charge in [0.1, 0.15) is 4.90 Å². The lowest BCUT2D eigenvalue weighted by Crippen LogP contribution is -2.26. The van der Waals surface area contributed by atoms with Crippen molar-refractivity contribution in [1.82, 2.24) is 0 Å². The molecule has 20 heavy (non-hydrogen) atoms. The van der Waals surface area contributed by atoms with Gasteiger partial charge in [-0.1, -0.05) is 19.1 Å². The number of sulfonamides is 1. The lowest BCUT2D eigenvalue weighted by Gasteiger charge is -2.19. The number of alkyl halides is 1. The first-order valence-corrected chi connectivity index (χ1v) is 9.06. The Balaban J connectivity index is 2.38. The zero-order valence-corrected chi connectivity index (χ0v) is 13.7. The number of rotatable bonds is 5.